The van der Waals surface area contributed by atoms with Crippen LogP contribution in [0.2, 0.25) is 0 Å². The van der Waals surface area contributed by atoms with Crippen molar-refractivity contribution in [2.75, 3.05) is 5.73 Å². The van der Waals surface area contributed by atoms with Gasteiger partial charge < -0.3 is 16.2 Å². The fraction of sp³-hybridized carbons (Fsp3) is 0.300. The Morgan fingerprint density at radius 3 is 2.93 bits per heavy atom. The van der Waals surface area contributed by atoms with E-state index in [2.05, 4.69) is 5.32 Å². The van der Waals surface area contributed by atoms with Crippen molar-refractivity contribution in [1.29, 1.82) is 0 Å². The van der Waals surface area contributed by atoms with Crippen LogP contribution in [0.25, 0.3) is 0 Å². The van der Waals surface area contributed by atoms with E-state index in [0.717, 1.165) is 5.56 Å². The zero-order valence-electron chi connectivity index (χ0n) is 8.03. The second kappa shape index (κ2) is 4.50. The Balaban J connectivity index is 2.55. The van der Waals surface area contributed by atoms with Crippen molar-refractivity contribution < 1.29 is 9.90 Å². The molecular formula is C10H14N2O2. The van der Waals surface area contributed by atoms with Crippen LogP contribution in [0, 0.1) is 0 Å². The number of nitrogens with one attached hydrogen (secondary N) is 1. The molecule has 0 heterocycles. The predicted octanol–water partition coefficient (Wildman–Crippen LogP) is 1.47. The Morgan fingerprint density at radius 1 is 1.64 bits per heavy atom. The van der Waals surface area contributed by atoms with Crippen molar-refractivity contribution >= 4 is 11.8 Å². The number of nitrogens with two attached hydrogens (primary N) is 1. The molecule has 0 fully saturated rings. The van der Waals surface area contributed by atoms with Gasteiger partial charge in [0, 0.05) is 11.7 Å². The Morgan fingerprint density at radius 2 is 2.36 bits per heavy atom. The van der Waals surface area contributed by atoms with Gasteiger partial charge in [-0.25, -0.2) is 4.79 Å². The lowest BCUT2D eigenvalue weighted by Gasteiger charge is -2.11. The molecule has 0 bridgehead atoms. The molecule has 0 aliphatic heterocycles. The van der Waals surface area contributed by atoms with Crippen molar-refractivity contribution in [2.45, 2.75) is 19.4 Å². The topological polar surface area (TPSA) is 75.3 Å². The normalized spacial score (nSPS) is 12.1. The number of amides is 1. The maximum absolute atomic E-state index is 10.3. The smallest absolute Gasteiger partial charge is 0.404 e. The summed E-state index contributed by atoms with van der Waals surface area (Å²) in [4.78, 5) is 10.3. The predicted molar refractivity (Wildman–Crippen MR) is 55.2 cm³/mol. The van der Waals surface area contributed by atoms with E-state index in [1.165, 1.54) is 0 Å². The number of rotatable bonds is 3. The number of nitrogen functional groups attached to an aromatic ring is 1. The minimum absolute atomic E-state index is 0.103. The van der Waals surface area contributed by atoms with Crippen LogP contribution in [0.3, 0.4) is 0 Å². The van der Waals surface area contributed by atoms with Crippen LogP contribution in [-0.4, -0.2) is 17.2 Å². The highest BCUT2D eigenvalue weighted by atomic mass is 16.4. The zero-order chi connectivity index (χ0) is 10.6. The van der Waals surface area contributed by atoms with E-state index in [1.807, 2.05) is 25.1 Å². The molecule has 1 aromatic carbocycles. The van der Waals surface area contributed by atoms with E-state index < -0.39 is 6.09 Å². The lowest BCUT2D eigenvalue weighted by atomic mass is 10.1. The average molecular weight is 194 g/mol. The van der Waals surface area contributed by atoms with Crippen molar-refractivity contribution in [1.82, 2.24) is 5.32 Å². The standard InChI is InChI=1S/C10H14N2O2/c1-7(12-10(13)14)5-8-3-2-4-9(11)6-8/h2-4,6-7,12H,5,11H2,1H3,(H,13,14). The van der Waals surface area contributed by atoms with Crippen LogP contribution < -0.4 is 11.1 Å². The third-order valence-corrected chi connectivity index (χ3v) is 1.86. The van der Waals surface area contributed by atoms with E-state index in [9.17, 15) is 4.79 Å². The lowest BCUT2D eigenvalue weighted by molar-refractivity contribution is 0.190. The van der Waals surface area contributed by atoms with Gasteiger partial charge in [0.05, 0.1) is 0 Å². The van der Waals surface area contributed by atoms with E-state index in [0.29, 0.717) is 12.1 Å². The van der Waals surface area contributed by atoms with Gasteiger partial charge in [-0.3, -0.25) is 0 Å². The third-order valence-electron chi connectivity index (χ3n) is 1.86. The van der Waals surface area contributed by atoms with Gasteiger partial charge in [0.25, 0.3) is 0 Å². The number of hydrogen-bond acceptors (Lipinski definition) is 2. The highest BCUT2D eigenvalue weighted by molar-refractivity contribution is 5.64. The summed E-state index contributed by atoms with van der Waals surface area (Å²) >= 11 is 0. The minimum Gasteiger partial charge on any atom is -0.465 e. The van der Waals surface area contributed by atoms with Gasteiger partial charge in [-0.05, 0) is 31.0 Å². The highest BCUT2D eigenvalue weighted by Crippen LogP contribution is 2.08. The Hall–Kier alpha value is -1.71. The van der Waals surface area contributed by atoms with Crippen LogP contribution in [0.4, 0.5) is 10.5 Å². The maximum atomic E-state index is 10.3. The maximum Gasteiger partial charge on any atom is 0.404 e. The highest BCUT2D eigenvalue weighted by Gasteiger charge is 2.05. The Kier molecular flexibility index (Phi) is 3.34. The SMILES string of the molecule is CC(Cc1cccc(N)c1)NC(=O)O. The third kappa shape index (κ3) is 3.35. The van der Waals surface area contributed by atoms with E-state index in [-0.39, 0.29) is 6.04 Å². The van der Waals surface area contributed by atoms with Gasteiger partial charge in [0.1, 0.15) is 0 Å². The number of benzene rings is 1. The molecule has 0 aliphatic carbocycles. The molecule has 1 amide bonds. The first-order chi connectivity index (χ1) is 6.58. The Bertz CT molecular complexity index is 326. The second-order valence-electron chi connectivity index (χ2n) is 3.30. The van der Waals surface area contributed by atoms with Crippen LogP contribution in [0.1, 0.15) is 12.5 Å². The molecule has 1 aromatic rings. The van der Waals surface area contributed by atoms with E-state index >= 15 is 0 Å². The summed E-state index contributed by atoms with van der Waals surface area (Å²) in [6.07, 6.45) is -0.349. The molecule has 0 saturated heterocycles. The fourth-order valence-electron chi connectivity index (χ4n) is 1.34. The van der Waals surface area contributed by atoms with Crippen molar-refractivity contribution in [3.63, 3.8) is 0 Å². The molecule has 1 atom stereocenters. The summed E-state index contributed by atoms with van der Waals surface area (Å²) in [5.41, 5.74) is 7.33. The molecule has 4 nitrogen and oxygen atoms in total. The molecule has 0 aliphatic rings. The molecule has 0 radical (unpaired) electrons. The van der Waals surface area contributed by atoms with Crippen molar-refractivity contribution in [3.8, 4) is 0 Å². The summed E-state index contributed by atoms with van der Waals surface area (Å²) < 4.78 is 0. The molecule has 0 aromatic heterocycles. The summed E-state index contributed by atoms with van der Waals surface area (Å²) in [7, 11) is 0. The largest absolute Gasteiger partial charge is 0.465 e. The van der Waals surface area contributed by atoms with Crippen molar-refractivity contribution in [2.24, 2.45) is 0 Å². The summed E-state index contributed by atoms with van der Waals surface area (Å²) in [5, 5.41) is 10.9. The molecule has 76 valence electrons. The number of anilines is 1. The molecule has 1 rings (SSSR count). The average Bonchev–Trinajstić information content (AvgIpc) is 2.01. The van der Waals surface area contributed by atoms with Crippen LogP contribution in [0.5, 0.6) is 0 Å². The summed E-state index contributed by atoms with van der Waals surface area (Å²) in [6.45, 7) is 1.82. The molecular weight excluding hydrogens is 180 g/mol. The van der Waals surface area contributed by atoms with Gasteiger partial charge in [-0.1, -0.05) is 12.1 Å². The first-order valence-electron chi connectivity index (χ1n) is 4.42. The van der Waals surface area contributed by atoms with Crippen LogP contribution >= 0.6 is 0 Å². The first-order valence-corrected chi connectivity index (χ1v) is 4.42. The summed E-state index contributed by atoms with van der Waals surface area (Å²) in [5.74, 6) is 0. The molecule has 0 saturated carbocycles. The molecule has 0 spiro atoms. The van der Waals surface area contributed by atoms with Gasteiger partial charge in [0.15, 0.2) is 0 Å². The van der Waals surface area contributed by atoms with Crippen LogP contribution in [0.15, 0.2) is 24.3 Å². The van der Waals surface area contributed by atoms with Gasteiger partial charge in [-0.15, -0.1) is 0 Å². The van der Waals surface area contributed by atoms with Gasteiger partial charge in [0.2, 0.25) is 0 Å². The van der Waals surface area contributed by atoms with Crippen molar-refractivity contribution in [3.05, 3.63) is 29.8 Å². The zero-order valence-corrected chi connectivity index (χ0v) is 8.03. The van der Waals surface area contributed by atoms with E-state index in [1.54, 1.807) is 6.07 Å². The monoisotopic (exact) mass is 194 g/mol. The van der Waals surface area contributed by atoms with E-state index in [4.69, 9.17) is 10.8 Å². The first kappa shape index (κ1) is 10.4. The van der Waals surface area contributed by atoms with Gasteiger partial charge >= 0.3 is 6.09 Å². The van der Waals surface area contributed by atoms with Gasteiger partial charge in [-0.2, -0.15) is 0 Å². The minimum atomic E-state index is -0.999. The Labute approximate surface area is 82.7 Å². The molecule has 4 heteroatoms. The van der Waals surface area contributed by atoms with Crippen LogP contribution in [-0.2, 0) is 6.42 Å². The number of carboxylic acid groups (broad SMARTS) is 1. The molecule has 14 heavy (non-hydrogen) atoms. The lowest BCUT2D eigenvalue weighted by Crippen LogP contribution is -2.32. The quantitative estimate of drug-likeness (QED) is 0.638. The molecule has 4 N–H and O–H groups in total. The fourth-order valence-corrected chi connectivity index (χ4v) is 1.34. The number of hydrogen-bond donors (Lipinski definition) is 3. The molecule has 1 unspecified atom stereocenters. The number of carbonyl (C=O) groups is 1. The second-order valence-corrected chi connectivity index (χ2v) is 3.30. The summed E-state index contributed by atoms with van der Waals surface area (Å²) in [6, 6.07) is 7.34.